The van der Waals surface area contributed by atoms with Gasteiger partial charge >= 0.3 is 5.69 Å². The lowest BCUT2D eigenvalue weighted by molar-refractivity contribution is 0.408. The first-order valence-electron chi connectivity index (χ1n) is 10.1. The van der Waals surface area contributed by atoms with Crippen LogP contribution < -0.4 is 15.7 Å². The van der Waals surface area contributed by atoms with Gasteiger partial charge < -0.3 is 10.1 Å². The minimum atomic E-state index is -0.294. The number of hydrogen-bond donors (Lipinski definition) is 1. The molecule has 2 heterocycles. The Morgan fingerprint density at radius 2 is 1.97 bits per heavy atom. The van der Waals surface area contributed by atoms with E-state index < -0.39 is 0 Å². The second-order valence-electron chi connectivity index (χ2n) is 7.53. The molecule has 0 bridgehead atoms. The molecule has 7 nitrogen and oxygen atoms in total. The zero-order chi connectivity index (χ0) is 22.0. The molecule has 0 amide bonds. The van der Waals surface area contributed by atoms with E-state index in [0.29, 0.717) is 36.0 Å². The summed E-state index contributed by atoms with van der Waals surface area (Å²) in [5, 5.41) is 3.11. The summed E-state index contributed by atoms with van der Waals surface area (Å²) in [6, 6.07) is 13.9. The van der Waals surface area contributed by atoms with Crippen LogP contribution in [0.5, 0.6) is 5.75 Å². The molecule has 8 heteroatoms. The highest BCUT2D eigenvalue weighted by Gasteiger charge is 2.19. The number of para-hydroxylation sites is 1. The highest BCUT2D eigenvalue weighted by Crippen LogP contribution is 2.22. The van der Waals surface area contributed by atoms with Crippen LogP contribution in [-0.4, -0.2) is 26.2 Å². The SMILES string of the molecule is COc1ccccc1Cn1c(=O)n(C(C)C)c2nc(NCc3cccc(F)c3)ncc21. The molecular formula is C23H24FN5O2. The quantitative estimate of drug-likeness (QED) is 0.489. The van der Waals surface area contributed by atoms with Crippen LogP contribution in [0.3, 0.4) is 0 Å². The van der Waals surface area contributed by atoms with Crippen molar-refractivity contribution in [2.75, 3.05) is 12.4 Å². The summed E-state index contributed by atoms with van der Waals surface area (Å²) in [7, 11) is 1.61. The number of nitrogens with zero attached hydrogens (tertiary/aromatic N) is 4. The molecule has 0 saturated carbocycles. The summed E-state index contributed by atoms with van der Waals surface area (Å²) in [5.74, 6) is 0.799. The number of imidazole rings is 1. The zero-order valence-electron chi connectivity index (χ0n) is 17.7. The number of nitrogens with one attached hydrogen (secondary N) is 1. The second kappa shape index (κ2) is 8.59. The fourth-order valence-electron chi connectivity index (χ4n) is 3.59. The van der Waals surface area contributed by atoms with Crippen LogP contribution in [0.4, 0.5) is 10.3 Å². The van der Waals surface area contributed by atoms with E-state index >= 15 is 0 Å². The average Bonchev–Trinajstić information content (AvgIpc) is 3.03. The Morgan fingerprint density at radius 3 is 2.71 bits per heavy atom. The smallest absolute Gasteiger partial charge is 0.330 e. The van der Waals surface area contributed by atoms with Crippen molar-refractivity contribution in [1.82, 2.24) is 19.1 Å². The summed E-state index contributed by atoms with van der Waals surface area (Å²) in [4.78, 5) is 22.2. The van der Waals surface area contributed by atoms with E-state index in [2.05, 4.69) is 15.3 Å². The fraction of sp³-hybridized carbons (Fsp3) is 0.261. The van der Waals surface area contributed by atoms with Crippen LogP contribution in [0.15, 0.2) is 59.5 Å². The number of anilines is 1. The van der Waals surface area contributed by atoms with Crippen molar-refractivity contribution in [3.8, 4) is 5.75 Å². The molecule has 160 valence electrons. The molecule has 1 N–H and O–H groups in total. The van der Waals surface area contributed by atoms with E-state index in [0.717, 1.165) is 11.1 Å². The lowest BCUT2D eigenvalue weighted by Crippen LogP contribution is -2.26. The van der Waals surface area contributed by atoms with Crippen LogP contribution in [0.1, 0.15) is 31.0 Å². The number of methoxy groups -OCH3 is 1. The molecule has 0 unspecified atom stereocenters. The molecule has 0 aliphatic heterocycles. The molecule has 0 aliphatic carbocycles. The molecular weight excluding hydrogens is 397 g/mol. The average molecular weight is 421 g/mol. The molecule has 31 heavy (non-hydrogen) atoms. The Bertz CT molecular complexity index is 1280. The van der Waals surface area contributed by atoms with Crippen LogP contribution in [0, 0.1) is 5.82 Å². The third-order valence-electron chi connectivity index (χ3n) is 5.08. The van der Waals surface area contributed by atoms with Gasteiger partial charge in [-0.2, -0.15) is 4.98 Å². The van der Waals surface area contributed by atoms with Gasteiger partial charge in [0.25, 0.3) is 0 Å². The highest BCUT2D eigenvalue weighted by molar-refractivity contribution is 5.72. The number of rotatable bonds is 7. The number of aromatic nitrogens is 4. The van der Waals surface area contributed by atoms with Gasteiger partial charge in [0.15, 0.2) is 5.65 Å². The lowest BCUT2D eigenvalue weighted by atomic mass is 10.2. The van der Waals surface area contributed by atoms with Crippen LogP contribution in [0.25, 0.3) is 11.2 Å². The van der Waals surface area contributed by atoms with Gasteiger partial charge in [0.1, 0.15) is 17.1 Å². The molecule has 0 spiro atoms. The largest absolute Gasteiger partial charge is 0.496 e. The van der Waals surface area contributed by atoms with Crippen LogP contribution in [0.2, 0.25) is 0 Å². The minimum absolute atomic E-state index is 0.0834. The monoisotopic (exact) mass is 421 g/mol. The van der Waals surface area contributed by atoms with Crippen molar-refractivity contribution in [2.45, 2.75) is 33.0 Å². The Kier molecular flexibility index (Phi) is 5.70. The maximum absolute atomic E-state index is 13.4. The molecule has 2 aromatic carbocycles. The van der Waals surface area contributed by atoms with Gasteiger partial charge in [-0.05, 0) is 37.6 Å². The summed E-state index contributed by atoms with van der Waals surface area (Å²) >= 11 is 0. The number of ether oxygens (including phenoxy) is 1. The molecule has 0 fully saturated rings. The standard InChI is InChI=1S/C23H24FN5O2/c1-15(2)29-21-19(28(23(29)30)14-17-8-4-5-10-20(17)31-3)13-26-22(27-21)25-12-16-7-6-9-18(24)11-16/h4-11,13,15H,12,14H2,1-3H3,(H,25,26,27). The number of halogens is 1. The van der Waals surface area contributed by atoms with E-state index in [1.54, 1.807) is 28.5 Å². The normalized spacial score (nSPS) is 11.3. The van der Waals surface area contributed by atoms with Gasteiger partial charge in [-0.25, -0.2) is 14.2 Å². The maximum atomic E-state index is 13.4. The number of fused-ring (bicyclic) bond motifs is 1. The van der Waals surface area contributed by atoms with Crippen LogP contribution >= 0.6 is 0 Å². The van der Waals surface area contributed by atoms with Crippen molar-refractivity contribution in [3.63, 3.8) is 0 Å². The van der Waals surface area contributed by atoms with Crippen molar-refractivity contribution in [2.24, 2.45) is 0 Å². The second-order valence-corrected chi connectivity index (χ2v) is 7.53. The number of hydrogen-bond acceptors (Lipinski definition) is 5. The Hall–Kier alpha value is -3.68. The Labute approximate surface area is 179 Å². The zero-order valence-corrected chi connectivity index (χ0v) is 17.7. The van der Waals surface area contributed by atoms with Gasteiger partial charge in [0.2, 0.25) is 5.95 Å². The topological polar surface area (TPSA) is 74.0 Å². The summed E-state index contributed by atoms with van der Waals surface area (Å²) < 4.78 is 22.2. The number of benzene rings is 2. The molecule has 4 rings (SSSR count). The predicted octanol–water partition coefficient (Wildman–Crippen LogP) is 3.98. The fourth-order valence-corrected chi connectivity index (χ4v) is 3.59. The van der Waals surface area contributed by atoms with E-state index in [1.807, 2.05) is 44.2 Å². The first-order chi connectivity index (χ1) is 15.0. The van der Waals surface area contributed by atoms with Crippen molar-refractivity contribution < 1.29 is 9.13 Å². The molecule has 0 aliphatic rings. The van der Waals surface area contributed by atoms with E-state index in [9.17, 15) is 9.18 Å². The molecule has 0 atom stereocenters. The van der Waals surface area contributed by atoms with Gasteiger partial charge in [0, 0.05) is 18.2 Å². The van der Waals surface area contributed by atoms with E-state index in [-0.39, 0.29) is 17.5 Å². The molecule has 4 aromatic rings. The Morgan fingerprint density at radius 1 is 1.16 bits per heavy atom. The maximum Gasteiger partial charge on any atom is 0.330 e. The van der Waals surface area contributed by atoms with Gasteiger partial charge in [-0.1, -0.05) is 30.3 Å². The first kappa shape index (κ1) is 20.6. The minimum Gasteiger partial charge on any atom is -0.496 e. The third kappa shape index (κ3) is 4.14. The lowest BCUT2D eigenvalue weighted by Gasteiger charge is -2.09. The first-order valence-corrected chi connectivity index (χ1v) is 10.1. The van der Waals surface area contributed by atoms with E-state index in [4.69, 9.17) is 4.74 Å². The van der Waals surface area contributed by atoms with Crippen LogP contribution in [-0.2, 0) is 13.1 Å². The molecule has 0 radical (unpaired) electrons. The van der Waals surface area contributed by atoms with Crippen molar-refractivity contribution >= 4 is 17.1 Å². The van der Waals surface area contributed by atoms with Gasteiger partial charge in [-0.3, -0.25) is 9.13 Å². The molecule has 0 saturated heterocycles. The summed E-state index contributed by atoms with van der Waals surface area (Å²) in [5.41, 5.74) is 2.70. The third-order valence-corrected chi connectivity index (χ3v) is 5.08. The predicted molar refractivity (Wildman–Crippen MR) is 118 cm³/mol. The van der Waals surface area contributed by atoms with Crippen molar-refractivity contribution in [1.29, 1.82) is 0 Å². The molecule has 2 aromatic heterocycles. The van der Waals surface area contributed by atoms with Gasteiger partial charge in [-0.15, -0.1) is 0 Å². The Balaban J connectivity index is 1.71. The van der Waals surface area contributed by atoms with Gasteiger partial charge in [0.05, 0.1) is 19.9 Å². The summed E-state index contributed by atoms with van der Waals surface area (Å²) in [6.07, 6.45) is 1.64. The summed E-state index contributed by atoms with van der Waals surface area (Å²) in [6.45, 7) is 4.60. The van der Waals surface area contributed by atoms with E-state index in [1.165, 1.54) is 12.1 Å². The van der Waals surface area contributed by atoms with Crippen molar-refractivity contribution in [3.05, 3.63) is 82.2 Å². The highest BCUT2D eigenvalue weighted by atomic mass is 19.1.